The van der Waals surface area contributed by atoms with Crippen molar-refractivity contribution in [2.75, 3.05) is 20.0 Å². The number of ether oxygens (including phenoxy) is 2. The van der Waals surface area contributed by atoms with E-state index in [2.05, 4.69) is 19.9 Å². The summed E-state index contributed by atoms with van der Waals surface area (Å²) in [5.74, 6) is 2.18. The summed E-state index contributed by atoms with van der Waals surface area (Å²) < 4.78 is 10.7. The monoisotopic (exact) mass is 271 g/mol. The first-order chi connectivity index (χ1) is 9.74. The maximum atomic E-state index is 5.80. The van der Waals surface area contributed by atoms with E-state index in [-0.39, 0.29) is 0 Å². The number of nitrogen functional groups attached to an aromatic ring is 1. The molecule has 0 aliphatic rings. The first-order valence-electron chi connectivity index (χ1n) is 5.92. The highest BCUT2D eigenvalue weighted by Crippen LogP contribution is 2.37. The average Bonchev–Trinajstić information content (AvgIpc) is 2.91. The normalized spacial score (nSPS) is 10.7. The van der Waals surface area contributed by atoms with Crippen molar-refractivity contribution in [3.8, 4) is 22.9 Å². The van der Waals surface area contributed by atoms with E-state index >= 15 is 0 Å². The van der Waals surface area contributed by atoms with E-state index in [0.29, 0.717) is 34.3 Å². The summed E-state index contributed by atoms with van der Waals surface area (Å²) in [7, 11) is 3.17. The molecule has 3 N–H and O–H groups in total. The molecule has 1 aromatic carbocycles. The Morgan fingerprint density at radius 1 is 1.15 bits per heavy atom. The maximum absolute atomic E-state index is 5.80. The molecule has 7 nitrogen and oxygen atoms in total. The van der Waals surface area contributed by atoms with Crippen molar-refractivity contribution in [2.45, 2.75) is 0 Å². The number of hydrogen-bond donors (Lipinski definition) is 2. The molecule has 0 bridgehead atoms. The number of benzene rings is 1. The fourth-order valence-electron chi connectivity index (χ4n) is 2.05. The lowest BCUT2D eigenvalue weighted by molar-refractivity contribution is 0.356. The number of nitrogens with two attached hydrogens (primary N) is 1. The highest BCUT2D eigenvalue weighted by Gasteiger charge is 2.16. The van der Waals surface area contributed by atoms with Gasteiger partial charge >= 0.3 is 0 Å². The molecular formula is C13H13N5O2. The van der Waals surface area contributed by atoms with Crippen LogP contribution in [0.3, 0.4) is 0 Å². The van der Waals surface area contributed by atoms with Gasteiger partial charge in [0.15, 0.2) is 23.0 Å². The van der Waals surface area contributed by atoms with Crippen LogP contribution < -0.4 is 15.2 Å². The molecule has 20 heavy (non-hydrogen) atoms. The van der Waals surface area contributed by atoms with Crippen molar-refractivity contribution in [1.82, 2.24) is 19.9 Å². The van der Waals surface area contributed by atoms with Gasteiger partial charge in [0.2, 0.25) is 0 Å². The number of para-hydroxylation sites is 1. The third-order valence-corrected chi connectivity index (χ3v) is 2.98. The van der Waals surface area contributed by atoms with Crippen LogP contribution >= 0.6 is 0 Å². The highest BCUT2D eigenvalue weighted by molar-refractivity contribution is 5.85. The Bertz CT molecular complexity index is 769. The van der Waals surface area contributed by atoms with E-state index in [4.69, 9.17) is 15.2 Å². The first-order valence-corrected chi connectivity index (χ1v) is 5.92. The van der Waals surface area contributed by atoms with E-state index in [0.717, 1.165) is 5.56 Å². The minimum absolute atomic E-state index is 0.357. The van der Waals surface area contributed by atoms with Gasteiger partial charge in [0.1, 0.15) is 17.7 Å². The predicted octanol–water partition coefficient (Wildman–Crippen LogP) is 1.62. The molecule has 0 fully saturated rings. The third kappa shape index (κ3) is 1.80. The molecular weight excluding hydrogens is 258 g/mol. The molecule has 2 aromatic heterocycles. The zero-order valence-corrected chi connectivity index (χ0v) is 11.0. The molecule has 0 saturated carbocycles. The van der Waals surface area contributed by atoms with Crippen LogP contribution in [0.15, 0.2) is 24.5 Å². The molecule has 3 rings (SSSR count). The molecule has 0 amide bonds. The van der Waals surface area contributed by atoms with Gasteiger partial charge < -0.3 is 20.2 Å². The maximum Gasteiger partial charge on any atom is 0.183 e. The van der Waals surface area contributed by atoms with Crippen molar-refractivity contribution in [2.24, 2.45) is 0 Å². The summed E-state index contributed by atoms with van der Waals surface area (Å²) in [6, 6.07) is 5.56. The minimum atomic E-state index is 0.357. The molecule has 0 atom stereocenters. The fourth-order valence-corrected chi connectivity index (χ4v) is 2.05. The predicted molar refractivity (Wildman–Crippen MR) is 74.6 cm³/mol. The van der Waals surface area contributed by atoms with Crippen molar-refractivity contribution >= 4 is 17.0 Å². The minimum Gasteiger partial charge on any atom is -0.493 e. The molecule has 0 spiro atoms. The fraction of sp³-hybridized carbons (Fsp3) is 0.154. The molecule has 7 heteroatoms. The van der Waals surface area contributed by atoms with Gasteiger partial charge in [0.05, 0.1) is 19.8 Å². The lowest BCUT2D eigenvalue weighted by Crippen LogP contribution is -1.94. The third-order valence-electron chi connectivity index (χ3n) is 2.98. The number of H-pyrrole nitrogens is 1. The molecule has 0 saturated heterocycles. The van der Waals surface area contributed by atoms with Crippen molar-refractivity contribution < 1.29 is 9.47 Å². The first kappa shape index (κ1) is 12.2. The van der Waals surface area contributed by atoms with Gasteiger partial charge in [0, 0.05) is 0 Å². The molecule has 0 radical (unpaired) electrons. The number of methoxy groups -OCH3 is 2. The van der Waals surface area contributed by atoms with Crippen LogP contribution in [0.4, 0.5) is 5.82 Å². The summed E-state index contributed by atoms with van der Waals surface area (Å²) in [5, 5.41) is 0. The average molecular weight is 271 g/mol. The van der Waals surface area contributed by atoms with Crippen LogP contribution in [0, 0.1) is 0 Å². The van der Waals surface area contributed by atoms with Crippen LogP contribution in [0.25, 0.3) is 22.6 Å². The summed E-state index contributed by atoms with van der Waals surface area (Å²) in [6.07, 6.45) is 1.38. The summed E-state index contributed by atoms with van der Waals surface area (Å²) in [6.45, 7) is 0. The number of aromatic nitrogens is 4. The number of aromatic amines is 1. The molecule has 0 aliphatic heterocycles. The Labute approximate surface area is 114 Å². The van der Waals surface area contributed by atoms with Gasteiger partial charge in [-0.1, -0.05) is 6.07 Å². The Hall–Kier alpha value is -2.83. The number of nitrogens with one attached hydrogen (secondary N) is 1. The number of anilines is 1. The summed E-state index contributed by atoms with van der Waals surface area (Å²) in [5.41, 5.74) is 7.68. The summed E-state index contributed by atoms with van der Waals surface area (Å²) in [4.78, 5) is 15.5. The Kier molecular flexibility index (Phi) is 2.86. The second kappa shape index (κ2) is 4.69. The zero-order valence-electron chi connectivity index (χ0n) is 11.0. The quantitative estimate of drug-likeness (QED) is 0.751. The van der Waals surface area contributed by atoms with E-state index in [1.165, 1.54) is 6.33 Å². The number of imidazole rings is 1. The van der Waals surface area contributed by atoms with Crippen molar-refractivity contribution in [3.63, 3.8) is 0 Å². The Morgan fingerprint density at radius 2 is 2.00 bits per heavy atom. The molecule has 0 aliphatic carbocycles. The number of hydrogen-bond acceptors (Lipinski definition) is 6. The topological polar surface area (TPSA) is 98.9 Å². The largest absolute Gasteiger partial charge is 0.493 e. The van der Waals surface area contributed by atoms with Crippen molar-refractivity contribution in [3.05, 3.63) is 24.5 Å². The number of rotatable bonds is 3. The van der Waals surface area contributed by atoms with Crippen LogP contribution in [0.1, 0.15) is 0 Å². The van der Waals surface area contributed by atoms with Crippen LogP contribution in [0.5, 0.6) is 11.5 Å². The van der Waals surface area contributed by atoms with Gasteiger partial charge in [0.25, 0.3) is 0 Å². The zero-order chi connectivity index (χ0) is 14.1. The number of nitrogens with zero attached hydrogens (tertiary/aromatic N) is 3. The van der Waals surface area contributed by atoms with Gasteiger partial charge in [-0.3, -0.25) is 0 Å². The number of fused-ring (bicyclic) bond motifs is 1. The summed E-state index contributed by atoms with van der Waals surface area (Å²) >= 11 is 0. The lowest BCUT2D eigenvalue weighted by atomic mass is 10.1. The molecule has 2 heterocycles. The van der Waals surface area contributed by atoms with Crippen LogP contribution in [0.2, 0.25) is 0 Å². The second-order valence-corrected chi connectivity index (χ2v) is 4.08. The second-order valence-electron chi connectivity index (χ2n) is 4.08. The van der Waals surface area contributed by atoms with Gasteiger partial charge in [-0.25, -0.2) is 15.0 Å². The molecule has 3 aromatic rings. The van der Waals surface area contributed by atoms with Crippen molar-refractivity contribution in [1.29, 1.82) is 0 Å². The highest BCUT2D eigenvalue weighted by atomic mass is 16.5. The SMILES string of the molecule is COc1cccc(-c2nc3ncnc(N)c3[nH]2)c1OC. The Balaban J connectivity index is 2.23. The van der Waals surface area contributed by atoms with E-state index in [9.17, 15) is 0 Å². The van der Waals surface area contributed by atoms with Gasteiger partial charge in [-0.2, -0.15) is 0 Å². The molecule has 102 valence electrons. The van der Waals surface area contributed by atoms with Gasteiger partial charge in [-0.05, 0) is 12.1 Å². The van der Waals surface area contributed by atoms with E-state index in [1.807, 2.05) is 18.2 Å². The standard InChI is InChI=1S/C13H13N5O2/c1-19-8-5-3-4-7(10(8)20-2)12-17-9-11(14)15-6-16-13(9)18-12/h3-6H,1-2H3,(H3,14,15,16,17,18). The Morgan fingerprint density at radius 3 is 2.70 bits per heavy atom. The smallest absolute Gasteiger partial charge is 0.183 e. The van der Waals surface area contributed by atoms with E-state index < -0.39 is 0 Å². The van der Waals surface area contributed by atoms with Crippen LogP contribution in [-0.4, -0.2) is 34.2 Å². The molecule has 0 unspecified atom stereocenters. The van der Waals surface area contributed by atoms with E-state index in [1.54, 1.807) is 14.2 Å². The van der Waals surface area contributed by atoms with Gasteiger partial charge in [-0.15, -0.1) is 0 Å². The lowest BCUT2D eigenvalue weighted by Gasteiger charge is -2.10. The van der Waals surface area contributed by atoms with Crippen LogP contribution in [-0.2, 0) is 0 Å².